The zero-order valence-corrected chi connectivity index (χ0v) is 7.56. The molecule has 0 aromatic carbocycles. The van der Waals surface area contributed by atoms with Gasteiger partial charge >= 0.3 is 6.09 Å². The van der Waals surface area contributed by atoms with E-state index < -0.39 is 12.2 Å². The van der Waals surface area contributed by atoms with Crippen LogP contribution in [0.2, 0.25) is 0 Å². The quantitative estimate of drug-likeness (QED) is 0.549. The molecule has 0 aromatic rings. The van der Waals surface area contributed by atoms with Crippen LogP contribution in [-0.4, -0.2) is 41.3 Å². The Kier molecular flexibility index (Phi) is 2.90. The summed E-state index contributed by atoms with van der Waals surface area (Å²) < 4.78 is 4.76. The first-order chi connectivity index (χ1) is 6.00. The number of nitrogens with zero attached hydrogens (tertiary/aromatic N) is 1. The van der Waals surface area contributed by atoms with Crippen LogP contribution in [0, 0.1) is 0 Å². The highest BCUT2D eigenvalue weighted by atomic mass is 16.6. The van der Waals surface area contributed by atoms with Gasteiger partial charge in [0, 0.05) is 6.54 Å². The minimum atomic E-state index is -0.655. The first-order valence-corrected chi connectivity index (χ1v) is 4.06. The largest absolute Gasteiger partial charge is 0.416 e. The molecule has 1 aliphatic rings. The molecule has 1 heterocycles. The van der Waals surface area contributed by atoms with E-state index in [0.717, 1.165) is 0 Å². The Hall–Kier alpha value is -1.07. The van der Waals surface area contributed by atoms with Crippen LogP contribution in [0.1, 0.15) is 6.92 Å². The van der Waals surface area contributed by atoms with Crippen molar-refractivity contribution in [3.63, 3.8) is 0 Å². The van der Waals surface area contributed by atoms with Crippen LogP contribution in [0.5, 0.6) is 0 Å². The number of allylic oxidation sites excluding steroid dienone is 1. The van der Waals surface area contributed by atoms with Gasteiger partial charge in [-0.05, 0) is 6.92 Å². The molecule has 2 atom stereocenters. The molecule has 0 aliphatic carbocycles. The smallest absolute Gasteiger partial charge is 0.415 e. The first kappa shape index (κ1) is 10.0. The zero-order chi connectivity index (χ0) is 10.0. The van der Waals surface area contributed by atoms with Crippen LogP contribution in [0.25, 0.3) is 0 Å². The van der Waals surface area contributed by atoms with E-state index >= 15 is 0 Å². The summed E-state index contributed by atoms with van der Waals surface area (Å²) >= 11 is 0. The van der Waals surface area contributed by atoms with Crippen LogP contribution in [0.4, 0.5) is 4.79 Å². The molecule has 0 aromatic heterocycles. The van der Waals surface area contributed by atoms with Crippen molar-refractivity contribution in [1.82, 2.24) is 4.90 Å². The van der Waals surface area contributed by atoms with E-state index in [4.69, 9.17) is 10.5 Å². The molecule has 1 amide bonds. The molecule has 2 unspecified atom stereocenters. The minimum absolute atomic E-state index is 0.229. The molecule has 1 rings (SSSR count). The Labute approximate surface area is 76.8 Å². The third kappa shape index (κ3) is 2.43. The van der Waals surface area contributed by atoms with E-state index in [-0.39, 0.29) is 12.6 Å². The molecular formula is C8H14N2O3. The molecule has 74 valence electrons. The number of aliphatic hydroxyl groups excluding tert-OH is 1. The fourth-order valence-electron chi connectivity index (χ4n) is 1.17. The monoisotopic (exact) mass is 186 g/mol. The van der Waals surface area contributed by atoms with Crippen molar-refractivity contribution in [2.45, 2.75) is 19.1 Å². The lowest BCUT2D eigenvalue weighted by Gasteiger charge is -2.14. The summed E-state index contributed by atoms with van der Waals surface area (Å²) in [6.07, 6.45) is -1.16. The predicted octanol–water partition coefficient (Wildman–Crippen LogP) is -0.340. The Balaban J connectivity index is 2.46. The molecular weight excluding hydrogens is 172 g/mol. The van der Waals surface area contributed by atoms with Crippen LogP contribution < -0.4 is 5.73 Å². The number of ether oxygens (including phenoxy) is 1. The number of aliphatic hydroxyl groups is 1. The van der Waals surface area contributed by atoms with Crippen molar-refractivity contribution in [1.29, 1.82) is 0 Å². The number of amides is 1. The van der Waals surface area contributed by atoms with Gasteiger partial charge in [-0.1, -0.05) is 6.58 Å². The van der Waals surface area contributed by atoms with Crippen LogP contribution in [0.3, 0.4) is 0 Å². The van der Waals surface area contributed by atoms with Gasteiger partial charge in [-0.2, -0.15) is 0 Å². The maximum Gasteiger partial charge on any atom is 0.415 e. The Bertz CT molecular complexity index is 219. The second-order valence-electron chi connectivity index (χ2n) is 3.21. The fraction of sp³-hybridized carbons (Fsp3) is 0.625. The maximum atomic E-state index is 11.2. The number of likely N-dealkylation sites (tertiary alicyclic amines) is 1. The molecule has 5 heteroatoms. The normalized spacial score (nSPS) is 27.5. The molecule has 3 N–H and O–H groups in total. The van der Waals surface area contributed by atoms with Gasteiger partial charge in [-0.25, -0.2) is 4.79 Å². The standard InChI is InChI=1S/C8H14N2O3/c1-5(2)13-8(12)10-3-6(9)7(11)4-10/h6-7,11H,1,3-4,9H2,2H3. The number of rotatable bonds is 1. The number of carbonyl (C=O) groups excluding carboxylic acids is 1. The summed E-state index contributed by atoms with van der Waals surface area (Å²) in [5.41, 5.74) is 5.52. The second-order valence-corrected chi connectivity index (χ2v) is 3.21. The summed E-state index contributed by atoms with van der Waals surface area (Å²) in [7, 11) is 0. The van der Waals surface area contributed by atoms with Crippen molar-refractivity contribution in [3.8, 4) is 0 Å². The summed E-state index contributed by atoms with van der Waals surface area (Å²) in [6.45, 7) is 5.58. The van der Waals surface area contributed by atoms with Crippen LogP contribution in [-0.2, 0) is 4.74 Å². The average Bonchev–Trinajstić information content (AvgIpc) is 2.31. The van der Waals surface area contributed by atoms with Gasteiger partial charge in [0.15, 0.2) is 0 Å². The van der Waals surface area contributed by atoms with Gasteiger partial charge in [0.2, 0.25) is 0 Å². The third-order valence-electron chi connectivity index (χ3n) is 1.85. The molecule has 0 bridgehead atoms. The van der Waals surface area contributed by atoms with Gasteiger partial charge in [0.05, 0.1) is 24.4 Å². The SMILES string of the molecule is C=C(C)OC(=O)N1CC(N)C(O)C1. The number of hydrogen-bond donors (Lipinski definition) is 2. The molecule has 5 nitrogen and oxygen atoms in total. The number of nitrogens with two attached hydrogens (primary N) is 1. The highest BCUT2D eigenvalue weighted by Crippen LogP contribution is 2.10. The molecule has 1 fully saturated rings. The zero-order valence-electron chi connectivity index (χ0n) is 7.56. The highest BCUT2D eigenvalue weighted by molar-refractivity contribution is 5.69. The fourth-order valence-corrected chi connectivity index (χ4v) is 1.17. The van der Waals surface area contributed by atoms with Crippen molar-refractivity contribution >= 4 is 6.09 Å². The van der Waals surface area contributed by atoms with Crippen molar-refractivity contribution in [2.75, 3.05) is 13.1 Å². The first-order valence-electron chi connectivity index (χ1n) is 4.06. The van der Waals surface area contributed by atoms with Gasteiger partial charge in [0.25, 0.3) is 0 Å². The maximum absolute atomic E-state index is 11.2. The van der Waals surface area contributed by atoms with Gasteiger partial charge < -0.3 is 20.5 Å². The topological polar surface area (TPSA) is 75.8 Å². The van der Waals surface area contributed by atoms with Gasteiger partial charge in [-0.3, -0.25) is 0 Å². The Morgan fingerprint density at radius 3 is 2.69 bits per heavy atom. The molecule has 1 saturated heterocycles. The molecule has 0 radical (unpaired) electrons. The van der Waals surface area contributed by atoms with E-state index in [0.29, 0.717) is 12.3 Å². The van der Waals surface area contributed by atoms with E-state index in [2.05, 4.69) is 6.58 Å². The van der Waals surface area contributed by atoms with E-state index in [1.165, 1.54) is 4.90 Å². The lowest BCUT2D eigenvalue weighted by Crippen LogP contribution is -2.33. The van der Waals surface area contributed by atoms with Crippen molar-refractivity contribution in [2.24, 2.45) is 5.73 Å². The minimum Gasteiger partial charge on any atom is -0.416 e. The van der Waals surface area contributed by atoms with E-state index in [9.17, 15) is 9.90 Å². The van der Waals surface area contributed by atoms with E-state index in [1.807, 2.05) is 0 Å². The molecule has 0 saturated carbocycles. The Morgan fingerprint density at radius 2 is 2.31 bits per heavy atom. The summed E-state index contributed by atoms with van der Waals surface area (Å²) in [5.74, 6) is 0.333. The number of hydrogen-bond acceptors (Lipinski definition) is 4. The average molecular weight is 186 g/mol. The highest BCUT2D eigenvalue weighted by Gasteiger charge is 2.32. The lowest BCUT2D eigenvalue weighted by atomic mass is 10.2. The number of β-amino-alcohol motifs (C(OH)–C–C–N with tert-alkyl or cyclic N) is 1. The predicted molar refractivity (Wildman–Crippen MR) is 46.9 cm³/mol. The summed E-state index contributed by atoms with van der Waals surface area (Å²) in [4.78, 5) is 12.6. The van der Waals surface area contributed by atoms with Crippen LogP contribution in [0.15, 0.2) is 12.3 Å². The number of carbonyl (C=O) groups is 1. The van der Waals surface area contributed by atoms with Gasteiger partial charge in [0.1, 0.15) is 0 Å². The second kappa shape index (κ2) is 3.76. The van der Waals surface area contributed by atoms with Crippen LogP contribution >= 0.6 is 0 Å². The Morgan fingerprint density at radius 1 is 1.69 bits per heavy atom. The van der Waals surface area contributed by atoms with Crippen molar-refractivity contribution in [3.05, 3.63) is 12.3 Å². The van der Waals surface area contributed by atoms with Crippen molar-refractivity contribution < 1.29 is 14.6 Å². The molecule has 13 heavy (non-hydrogen) atoms. The third-order valence-corrected chi connectivity index (χ3v) is 1.85. The molecule has 0 spiro atoms. The summed E-state index contributed by atoms with van der Waals surface area (Å²) in [6, 6.07) is -0.377. The van der Waals surface area contributed by atoms with E-state index in [1.54, 1.807) is 6.92 Å². The summed E-state index contributed by atoms with van der Waals surface area (Å²) in [5, 5.41) is 9.25. The molecule has 1 aliphatic heterocycles. The van der Waals surface area contributed by atoms with Gasteiger partial charge in [-0.15, -0.1) is 0 Å². The lowest BCUT2D eigenvalue weighted by molar-refractivity contribution is 0.126.